The number of hydrogen-bond donors (Lipinski definition) is 1. The van der Waals surface area contributed by atoms with Crippen LogP contribution in [0.5, 0.6) is 0 Å². The molecule has 0 aromatic heterocycles. The number of hydrogen-bond acceptors (Lipinski definition) is 4. The van der Waals surface area contributed by atoms with Crippen LogP contribution in [0.15, 0.2) is 71.1 Å². The molecule has 0 spiro atoms. The van der Waals surface area contributed by atoms with E-state index in [2.05, 4.69) is 4.72 Å². The van der Waals surface area contributed by atoms with Crippen LogP contribution in [-0.2, 0) is 26.0 Å². The molecule has 0 atom stereocenters. The van der Waals surface area contributed by atoms with Gasteiger partial charge in [-0.3, -0.25) is 9.52 Å². The molecule has 0 fully saturated rings. The molecule has 0 bridgehead atoms. The molecule has 0 aliphatic heterocycles. The Hall–Kier alpha value is -3.12. The fourth-order valence-corrected chi connectivity index (χ4v) is 4.52. The van der Waals surface area contributed by atoms with Gasteiger partial charge in [0.1, 0.15) is 5.76 Å². The highest BCUT2D eigenvalue weighted by molar-refractivity contribution is 7.92. The van der Waals surface area contributed by atoms with Crippen LogP contribution in [-0.4, -0.2) is 14.4 Å². The fourth-order valence-electron chi connectivity index (χ4n) is 3.44. The van der Waals surface area contributed by atoms with E-state index in [1.54, 1.807) is 30.3 Å². The molecule has 0 saturated carbocycles. The lowest BCUT2D eigenvalue weighted by Gasteiger charge is -2.12. The van der Waals surface area contributed by atoms with Crippen LogP contribution in [0.3, 0.4) is 0 Å². The van der Waals surface area contributed by atoms with Gasteiger partial charge in [-0.15, -0.1) is 0 Å². The summed E-state index contributed by atoms with van der Waals surface area (Å²) in [7, 11) is -3.75. The van der Waals surface area contributed by atoms with Gasteiger partial charge in [0.2, 0.25) is 0 Å². The van der Waals surface area contributed by atoms with Crippen LogP contribution >= 0.6 is 0 Å². The van der Waals surface area contributed by atoms with E-state index in [1.165, 1.54) is 6.92 Å². The Morgan fingerprint density at radius 3 is 2.50 bits per heavy atom. The molecule has 142 valence electrons. The molecule has 6 heteroatoms. The Bertz CT molecular complexity index is 1240. The summed E-state index contributed by atoms with van der Waals surface area (Å²) < 4.78 is 33.7. The third-order valence-corrected chi connectivity index (χ3v) is 6.11. The smallest absolute Gasteiger partial charge is 0.308 e. The zero-order chi connectivity index (χ0) is 19.9. The van der Waals surface area contributed by atoms with Crippen molar-refractivity contribution in [1.82, 2.24) is 0 Å². The molecular weight excluding hydrogens is 374 g/mol. The van der Waals surface area contributed by atoms with Crippen molar-refractivity contribution in [3.05, 3.63) is 77.4 Å². The van der Waals surface area contributed by atoms with Gasteiger partial charge in [-0.1, -0.05) is 36.4 Å². The summed E-state index contributed by atoms with van der Waals surface area (Å²) in [5.41, 5.74) is 3.11. The quantitative estimate of drug-likeness (QED) is 0.663. The second kappa shape index (κ2) is 6.80. The van der Waals surface area contributed by atoms with Crippen LogP contribution in [0.4, 0.5) is 5.69 Å². The molecule has 0 amide bonds. The Labute approximate surface area is 163 Å². The lowest BCUT2D eigenvalue weighted by molar-refractivity contribution is -0.134. The van der Waals surface area contributed by atoms with Crippen LogP contribution < -0.4 is 4.72 Å². The Kier molecular flexibility index (Phi) is 4.43. The lowest BCUT2D eigenvalue weighted by Crippen LogP contribution is -2.13. The molecule has 0 heterocycles. The monoisotopic (exact) mass is 393 g/mol. The van der Waals surface area contributed by atoms with E-state index in [0.717, 1.165) is 27.5 Å². The van der Waals surface area contributed by atoms with Crippen molar-refractivity contribution >= 4 is 38.2 Å². The highest BCUT2D eigenvalue weighted by Gasteiger charge is 2.23. The standard InChI is InChI=1S/C22H19NO4S/c1-14-11-18-7-9-19(13-21(18)22(14)27-15(2)24)23-28(25,26)20-10-8-16-5-3-4-6-17(16)12-20/h3-10,12-13,23H,11H2,1-2H3. The van der Waals surface area contributed by atoms with Gasteiger partial charge in [-0.2, -0.15) is 0 Å². The Morgan fingerprint density at radius 1 is 1.00 bits per heavy atom. The summed E-state index contributed by atoms with van der Waals surface area (Å²) in [5, 5.41) is 1.83. The first-order chi connectivity index (χ1) is 13.3. The predicted molar refractivity (Wildman–Crippen MR) is 109 cm³/mol. The number of rotatable bonds is 4. The lowest BCUT2D eigenvalue weighted by atomic mass is 10.1. The molecule has 0 unspecified atom stereocenters. The normalized spacial score (nSPS) is 13.5. The number of allylic oxidation sites excluding steroid dienone is 1. The topological polar surface area (TPSA) is 72.5 Å². The van der Waals surface area contributed by atoms with Crippen LogP contribution in [0.2, 0.25) is 0 Å². The number of anilines is 1. The molecule has 0 saturated heterocycles. The van der Waals surface area contributed by atoms with Gasteiger partial charge >= 0.3 is 5.97 Å². The van der Waals surface area contributed by atoms with Crippen molar-refractivity contribution in [3.8, 4) is 0 Å². The van der Waals surface area contributed by atoms with Gasteiger partial charge in [0.05, 0.1) is 4.90 Å². The van der Waals surface area contributed by atoms with Crippen molar-refractivity contribution in [2.45, 2.75) is 25.2 Å². The number of esters is 1. The summed E-state index contributed by atoms with van der Waals surface area (Å²) in [5.74, 6) is 0.110. The molecule has 28 heavy (non-hydrogen) atoms. The first-order valence-corrected chi connectivity index (χ1v) is 10.3. The molecule has 1 N–H and O–H groups in total. The van der Waals surface area contributed by atoms with Crippen molar-refractivity contribution in [2.24, 2.45) is 0 Å². The number of sulfonamides is 1. The van der Waals surface area contributed by atoms with Crippen LogP contribution in [0.1, 0.15) is 25.0 Å². The number of carbonyl (C=O) groups excluding carboxylic acids is 1. The minimum atomic E-state index is -3.75. The summed E-state index contributed by atoms with van der Waals surface area (Å²) in [6, 6.07) is 17.9. The van der Waals surface area contributed by atoms with Crippen molar-refractivity contribution < 1.29 is 17.9 Å². The van der Waals surface area contributed by atoms with E-state index in [-0.39, 0.29) is 4.90 Å². The van der Waals surface area contributed by atoms with E-state index < -0.39 is 16.0 Å². The zero-order valence-corrected chi connectivity index (χ0v) is 16.3. The fraction of sp³-hybridized carbons (Fsp3) is 0.136. The molecule has 0 radical (unpaired) electrons. The van der Waals surface area contributed by atoms with Crippen LogP contribution in [0.25, 0.3) is 16.5 Å². The summed E-state index contributed by atoms with van der Waals surface area (Å²) in [6.07, 6.45) is 0.676. The predicted octanol–water partition coefficient (Wildman–Crippen LogP) is 4.49. The Balaban J connectivity index is 1.67. The number of fused-ring (bicyclic) bond motifs is 2. The number of carbonyl (C=O) groups is 1. The van der Waals surface area contributed by atoms with Crippen molar-refractivity contribution in [1.29, 1.82) is 0 Å². The number of ether oxygens (including phenoxy) is 1. The Morgan fingerprint density at radius 2 is 1.75 bits per heavy atom. The second-order valence-corrected chi connectivity index (χ2v) is 8.55. The number of benzene rings is 3. The van der Waals surface area contributed by atoms with E-state index in [0.29, 0.717) is 17.9 Å². The second-order valence-electron chi connectivity index (χ2n) is 6.87. The average Bonchev–Trinajstić information content (AvgIpc) is 2.95. The summed E-state index contributed by atoms with van der Waals surface area (Å²) in [4.78, 5) is 11.6. The molecule has 3 aromatic rings. The third-order valence-electron chi connectivity index (χ3n) is 4.73. The summed E-state index contributed by atoms with van der Waals surface area (Å²) in [6.45, 7) is 3.25. The molecule has 1 aliphatic rings. The van der Waals surface area contributed by atoms with Gasteiger partial charge in [-0.05, 0) is 59.5 Å². The highest BCUT2D eigenvalue weighted by Crippen LogP contribution is 2.35. The molecular formula is C22H19NO4S. The van der Waals surface area contributed by atoms with E-state index in [1.807, 2.05) is 37.3 Å². The molecule has 5 nitrogen and oxygen atoms in total. The third kappa shape index (κ3) is 3.39. The summed E-state index contributed by atoms with van der Waals surface area (Å²) >= 11 is 0. The van der Waals surface area contributed by atoms with E-state index >= 15 is 0 Å². The largest absolute Gasteiger partial charge is 0.426 e. The molecule has 4 rings (SSSR count). The molecule has 3 aromatic carbocycles. The zero-order valence-electron chi connectivity index (χ0n) is 15.5. The highest BCUT2D eigenvalue weighted by atomic mass is 32.2. The van der Waals surface area contributed by atoms with Gasteiger partial charge in [0.25, 0.3) is 10.0 Å². The van der Waals surface area contributed by atoms with Gasteiger partial charge in [-0.25, -0.2) is 8.42 Å². The maximum Gasteiger partial charge on any atom is 0.308 e. The van der Waals surface area contributed by atoms with Gasteiger partial charge in [0.15, 0.2) is 0 Å². The minimum absolute atomic E-state index is 0.193. The minimum Gasteiger partial charge on any atom is -0.426 e. The maximum absolute atomic E-state index is 12.9. The van der Waals surface area contributed by atoms with Gasteiger partial charge < -0.3 is 4.74 Å². The number of nitrogens with one attached hydrogen (secondary N) is 1. The van der Waals surface area contributed by atoms with E-state index in [9.17, 15) is 13.2 Å². The maximum atomic E-state index is 12.9. The first kappa shape index (κ1) is 18.3. The van der Waals surface area contributed by atoms with Crippen molar-refractivity contribution in [2.75, 3.05) is 4.72 Å². The van der Waals surface area contributed by atoms with Crippen molar-refractivity contribution in [3.63, 3.8) is 0 Å². The van der Waals surface area contributed by atoms with E-state index in [4.69, 9.17) is 4.74 Å². The molecule has 1 aliphatic carbocycles. The van der Waals surface area contributed by atoms with Crippen LogP contribution in [0, 0.1) is 0 Å². The SMILES string of the molecule is CC(=O)OC1=C(C)Cc2ccc(NS(=O)(=O)c3ccc4ccccc4c3)cc21. The average molecular weight is 393 g/mol. The van der Waals surface area contributed by atoms with Gasteiger partial charge in [0, 0.05) is 18.2 Å². The first-order valence-electron chi connectivity index (χ1n) is 8.86.